The molecule has 1 N–H and O–H groups in total. The van der Waals surface area contributed by atoms with Crippen molar-refractivity contribution in [1.29, 1.82) is 0 Å². The van der Waals surface area contributed by atoms with Gasteiger partial charge < -0.3 is 19.5 Å². The van der Waals surface area contributed by atoms with Gasteiger partial charge in [0.15, 0.2) is 6.61 Å². The van der Waals surface area contributed by atoms with Crippen LogP contribution < -0.4 is 5.32 Å². The average molecular weight is 466 g/mol. The van der Waals surface area contributed by atoms with E-state index in [-0.39, 0.29) is 15.4 Å². The molecule has 31 heavy (non-hydrogen) atoms. The maximum absolute atomic E-state index is 12.4. The first-order valence-electron chi connectivity index (χ1n) is 9.74. The third kappa shape index (κ3) is 5.13. The molecular weight excluding hydrogens is 442 g/mol. The van der Waals surface area contributed by atoms with Crippen molar-refractivity contribution in [1.82, 2.24) is 0 Å². The topological polar surface area (TPSA) is 108 Å². The van der Waals surface area contributed by atoms with Gasteiger partial charge >= 0.3 is 17.9 Å². The van der Waals surface area contributed by atoms with Crippen molar-refractivity contribution in [2.24, 2.45) is 0 Å². The van der Waals surface area contributed by atoms with Gasteiger partial charge in [0.05, 0.1) is 19.8 Å². The number of aryl methyl sites for hydroxylation is 2. The van der Waals surface area contributed by atoms with E-state index in [2.05, 4.69) is 5.32 Å². The van der Waals surface area contributed by atoms with Gasteiger partial charge in [0.25, 0.3) is 5.91 Å². The number of esters is 3. The first-order chi connectivity index (χ1) is 14.8. The Labute approximate surface area is 187 Å². The lowest BCUT2D eigenvalue weighted by Crippen LogP contribution is -2.21. The minimum atomic E-state index is -0.698. The van der Waals surface area contributed by atoms with E-state index in [9.17, 15) is 19.2 Å². The van der Waals surface area contributed by atoms with E-state index in [1.807, 2.05) is 6.07 Å². The summed E-state index contributed by atoms with van der Waals surface area (Å²) in [6.07, 6.45) is 5.33. The summed E-state index contributed by atoms with van der Waals surface area (Å²) in [5.41, 5.74) is 1.59. The molecule has 0 saturated carbocycles. The summed E-state index contributed by atoms with van der Waals surface area (Å²) >= 11 is 2.31. The summed E-state index contributed by atoms with van der Waals surface area (Å²) in [6.45, 7) is 1.04. The summed E-state index contributed by atoms with van der Waals surface area (Å²) in [5.74, 6) is -2.51. The minimum absolute atomic E-state index is 0.0644. The summed E-state index contributed by atoms with van der Waals surface area (Å²) in [6, 6.07) is 1.85. The van der Waals surface area contributed by atoms with Crippen LogP contribution in [0.3, 0.4) is 0 Å². The predicted molar refractivity (Wildman–Crippen MR) is 116 cm³/mol. The second-order valence-corrected chi connectivity index (χ2v) is 9.14. The van der Waals surface area contributed by atoms with E-state index in [1.54, 1.807) is 6.92 Å². The van der Waals surface area contributed by atoms with Crippen LogP contribution in [0, 0.1) is 6.92 Å². The van der Waals surface area contributed by atoms with Crippen molar-refractivity contribution in [3.8, 4) is 0 Å². The molecule has 0 aliphatic heterocycles. The zero-order valence-electron chi connectivity index (χ0n) is 17.5. The van der Waals surface area contributed by atoms with Gasteiger partial charge in [-0.15, -0.1) is 22.7 Å². The van der Waals surface area contributed by atoms with Crippen molar-refractivity contribution in [2.45, 2.75) is 39.0 Å². The molecule has 0 spiro atoms. The molecule has 1 amide bonds. The maximum Gasteiger partial charge on any atom is 0.348 e. The molecule has 0 fully saturated rings. The van der Waals surface area contributed by atoms with Crippen molar-refractivity contribution in [3.63, 3.8) is 0 Å². The molecule has 166 valence electrons. The quantitative estimate of drug-likeness (QED) is 0.393. The van der Waals surface area contributed by atoms with Gasteiger partial charge in [-0.1, -0.05) is 6.42 Å². The fourth-order valence-corrected chi connectivity index (χ4v) is 5.65. The van der Waals surface area contributed by atoms with Gasteiger partial charge in [0, 0.05) is 4.88 Å². The van der Waals surface area contributed by atoms with Crippen LogP contribution in [0.2, 0.25) is 0 Å². The Bertz CT molecular complexity index is 998. The van der Waals surface area contributed by atoms with Crippen molar-refractivity contribution in [2.75, 3.05) is 26.1 Å². The SMILES string of the molecule is COC(=O)c1sc(NC(=O)COC(=O)c2cc3c(s2)CCCCC3)c(C(=O)OC)c1C. The van der Waals surface area contributed by atoms with Crippen LogP contribution in [0.4, 0.5) is 5.00 Å². The van der Waals surface area contributed by atoms with Crippen molar-refractivity contribution < 1.29 is 33.4 Å². The Morgan fingerprint density at radius 2 is 1.68 bits per heavy atom. The zero-order valence-corrected chi connectivity index (χ0v) is 19.1. The number of anilines is 1. The highest BCUT2D eigenvalue weighted by molar-refractivity contribution is 7.18. The van der Waals surface area contributed by atoms with Crippen molar-refractivity contribution >= 4 is 51.5 Å². The van der Waals surface area contributed by atoms with E-state index in [0.29, 0.717) is 10.4 Å². The molecule has 2 aromatic heterocycles. The highest BCUT2D eigenvalue weighted by Gasteiger charge is 2.27. The fourth-order valence-electron chi connectivity index (χ4n) is 3.37. The van der Waals surface area contributed by atoms with E-state index < -0.39 is 30.4 Å². The molecule has 2 heterocycles. The van der Waals surface area contributed by atoms with Crippen LogP contribution in [0.5, 0.6) is 0 Å². The van der Waals surface area contributed by atoms with Gasteiger partial charge in [-0.2, -0.15) is 0 Å². The second kappa shape index (κ2) is 10.1. The maximum atomic E-state index is 12.4. The molecule has 0 atom stereocenters. The molecule has 1 aliphatic rings. The third-order valence-electron chi connectivity index (χ3n) is 4.94. The average Bonchev–Trinajstić information content (AvgIpc) is 3.23. The number of thiophene rings is 2. The number of rotatable bonds is 6. The molecule has 0 saturated heterocycles. The molecule has 3 rings (SSSR count). The molecule has 0 aromatic carbocycles. The lowest BCUT2D eigenvalue weighted by Gasteiger charge is -2.06. The van der Waals surface area contributed by atoms with Gasteiger partial charge in [0.1, 0.15) is 14.8 Å². The summed E-state index contributed by atoms with van der Waals surface area (Å²) < 4.78 is 14.6. The van der Waals surface area contributed by atoms with Crippen LogP contribution in [0.1, 0.15) is 65.0 Å². The molecule has 0 bridgehead atoms. The predicted octanol–water partition coefficient (Wildman–Crippen LogP) is 3.76. The normalized spacial score (nSPS) is 13.0. The minimum Gasteiger partial charge on any atom is -0.465 e. The largest absolute Gasteiger partial charge is 0.465 e. The zero-order chi connectivity index (χ0) is 22.5. The second-order valence-electron chi connectivity index (χ2n) is 6.99. The Morgan fingerprint density at radius 1 is 0.968 bits per heavy atom. The van der Waals surface area contributed by atoms with E-state index >= 15 is 0 Å². The first kappa shape index (κ1) is 23.0. The Kier molecular flexibility index (Phi) is 7.45. The fraction of sp³-hybridized carbons (Fsp3) is 0.429. The number of fused-ring (bicyclic) bond motifs is 1. The molecule has 0 radical (unpaired) electrons. The van der Waals surface area contributed by atoms with E-state index in [1.165, 1.54) is 42.4 Å². The third-order valence-corrected chi connectivity index (χ3v) is 7.35. The molecule has 0 unspecified atom stereocenters. The Balaban J connectivity index is 1.67. The molecule has 10 heteroatoms. The number of nitrogens with one attached hydrogen (secondary N) is 1. The number of carbonyl (C=O) groups excluding carboxylic acids is 4. The van der Waals surface area contributed by atoms with Crippen LogP contribution >= 0.6 is 22.7 Å². The van der Waals surface area contributed by atoms with Crippen molar-refractivity contribution in [3.05, 3.63) is 37.4 Å². The number of hydrogen-bond acceptors (Lipinski definition) is 9. The van der Waals surface area contributed by atoms with E-state index in [4.69, 9.17) is 14.2 Å². The summed E-state index contributed by atoms with van der Waals surface area (Å²) in [4.78, 5) is 50.7. The molecule has 1 aliphatic carbocycles. The summed E-state index contributed by atoms with van der Waals surface area (Å²) in [5, 5.41) is 2.66. The van der Waals surface area contributed by atoms with Crippen LogP contribution in [0.15, 0.2) is 6.07 Å². The number of ether oxygens (including phenoxy) is 3. The number of hydrogen-bond donors (Lipinski definition) is 1. The smallest absolute Gasteiger partial charge is 0.348 e. The number of methoxy groups -OCH3 is 2. The number of carbonyl (C=O) groups is 4. The van der Waals surface area contributed by atoms with Gasteiger partial charge in [-0.3, -0.25) is 4.79 Å². The Hall–Kier alpha value is -2.72. The highest BCUT2D eigenvalue weighted by Crippen LogP contribution is 2.34. The lowest BCUT2D eigenvalue weighted by atomic mass is 10.1. The van der Waals surface area contributed by atoms with Crippen LogP contribution in [-0.2, 0) is 31.8 Å². The van der Waals surface area contributed by atoms with Crippen LogP contribution in [-0.4, -0.2) is 44.6 Å². The highest BCUT2D eigenvalue weighted by atomic mass is 32.1. The van der Waals surface area contributed by atoms with Crippen LogP contribution in [0.25, 0.3) is 0 Å². The summed E-state index contributed by atoms with van der Waals surface area (Å²) in [7, 11) is 2.43. The number of amides is 1. The molecule has 8 nitrogen and oxygen atoms in total. The van der Waals surface area contributed by atoms with Gasteiger partial charge in [-0.25, -0.2) is 14.4 Å². The first-order valence-corrected chi connectivity index (χ1v) is 11.4. The lowest BCUT2D eigenvalue weighted by molar-refractivity contribution is -0.119. The van der Waals surface area contributed by atoms with E-state index in [0.717, 1.165) is 37.0 Å². The van der Waals surface area contributed by atoms with Gasteiger partial charge in [0.2, 0.25) is 0 Å². The Morgan fingerprint density at radius 3 is 2.39 bits per heavy atom. The molecular formula is C21H23NO7S2. The van der Waals surface area contributed by atoms with Gasteiger partial charge in [-0.05, 0) is 49.8 Å². The standard InChI is InChI=1S/C21H23NO7S2/c1-11-16(20(25)27-2)18(31-17(11)21(26)28-3)22-15(23)10-29-19(24)14-9-12-7-5-4-6-8-13(12)30-14/h9H,4-8,10H2,1-3H3,(H,22,23). The monoisotopic (exact) mass is 465 g/mol. The molecule has 2 aromatic rings.